The van der Waals surface area contributed by atoms with E-state index in [9.17, 15) is 9.59 Å². The summed E-state index contributed by atoms with van der Waals surface area (Å²) in [6.07, 6.45) is 2.83. The van der Waals surface area contributed by atoms with Gasteiger partial charge in [-0.1, -0.05) is 27.2 Å². The molecule has 1 aromatic rings. The molecule has 1 fully saturated rings. The zero-order valence-electron chi connectivity index (χ0n) is 18.1. The molecule has 154 valence electrons. The Morgan fingerprint density at radius 3 is 2.36 bits per heavy atom. The highest BCUT2D eigenvalue weighted by Crippen LogP contribution is 2.61. The SMILES string of the molecule is COC(=O)[C@@]1(C)CCC[C@]2(C)c3c(OC)cc(C(C)C)c(OC)c3C(=O)C[C@@H]12. The van der Waals surface area contributed by atoms with Crippen LogP contribution in [0.25, 0.3) is 0 Å². The maximum Gasteiger partial charge on any atom is 0.311 e. The highest BCUT2D eigenvalue weighted by atomic mass is 16.5. The Bertz CT molecular complexity index is 812. The number of carbonyl (C=O) groups excluding carboxylic acids is 2. The van der Waals surface area contributed by atoms with Crippen LogP contribution >= 0.6 is 0 Å². The van der Waals surface area contributed by atoms with Crippen LogP contribution in [-0.2, 0) is 14.9 Å². The number of ketones is 1. The summed E-state index contributed by atoms with van der Waals surface area (Å²) >= 11 is 0. The molecule has 0 bridgehead atoms. The minimum Gasteiger partial charge on any atom is -0.496 e. The van der Waals surface area contributed by atoms with Crippen LogP contribution in [0.15, 0.2) is 6.07 Å². The first-order chi connectivity index (χ1) is 13.2. The summed E-state index contributed by atoms with van der Waals surface area (Å²) in [5, 5.41) is 0. The number of benzene rings is 1. The first-order valence-electron chi connectivity index (χ1n) is 10.1. The fraction of sp³-hybridized carbons (Fsp3) is 0.652. The molecule has 0 unspecified atom stereocenters. The molecular formula is C23H32O5. The predicted molar refractivity (Wildman–Crippen MR) is 107 cm³/mol. The van der Waals surface area contributed by atoms with Gasteiger partial charge in [-0.25, -0.2) is 0 Å². The van der Waals surface area contributed by atoms with E-state index in [4.69, 9.17) is 14.2 Å². The van der Waals surface area contributed by atoms with Crippen molar-refractivity contribution in [2.24, 2.45) is 11.3 Å². The minimum absolute atomic E-state index is 0.0205. The molecule has 28 heavy (non-hydrogen) atoms. The van der Waals surface area contributed by atoms with Crippen molar-refractivity contribution in [1.29, 1.82) is 0 Å². The predicted octanol–water partition coefficient (Wildman–Crippen LogP) is 4.65. The van der Waals surface area contributed by atoms with Gasteiger partial charge >= 0.3 is 5.97 Å². The number of hydrogen-bond donors (Lipinski definition) is 0. The van der Waals surface area contributed by atoms with Gasteiger partial charge in [-0.2, -0.15) is 0 Å². The van der Waals surface area contributed by atoms with Gasteiger partial charge in [0.05, 0.1) is 32.3 Å². The number of Topliss-reactive ketones (excluding diaryl/α,β-unsaturated/α-hetero) is 1. The lowest BCUT2D eigenvalue weighted by atomic mass is 9.49. The van der Waals surface area contributed by atoms with E-state index in [0.29, 0.717) is 23.5 Å². The molecule has 2 aliphatic rings. The topological polar surface area (TPSA) is 61.8 Å². The lowest BCUT2D eigenvalue weighted by Gasteiger charge is -2.53. The van der Waals surface area contributed by atoms with E-state index >= 15 is 0 Å². The molecule has 3 atom stereocenters. The van der Waals surface area contributed by atoms with Gasteiger partial charge in [0.1, 0.15) is 11.5 Å². The Kier molecular flexibility index (Phi) is 5.24. The van der Waals surface area contributed by atoms with E-state index in [2.05, 4.69) is 20.8 Å². The third-order valence-electron chi connectivity index (χ3n) is 7.14. The van der Waals surface area contributed by atoms with Crippen molar-refractivity contribution < 1.29 is 23.8 Å². The second kappa shape index (κ2) is 7.09. The number of esters is 1. The van der Waals surface area contributed by atoms with Gasteiger partial charge in [0.25, 0.3) is 0 Å². The molecular weight excluding hydrogens is 356 g/mol. The number of carbonyl (C=O) groups is 2. The van der Waals surface area contributed by atoms with E-state index in [-0.39, 0.29) is 29.0 Å². The van der Waals surface area contributed by atoms with Gasteiger partial charge in [-0.05, 0) is 37.7 Å². The van der Waals surface area contributed by atoms with Crippen molar-refractivity contribution in [3.8, 4) is 11.5 Å². The van der Waals surface area contributed by atoms with Crippen LogP contribution in [0, 0.1) is 11.3 Å². The Morgan fingerprint density at radius 1 is 1.14 bits per heavy atom. The Morgan fingerprint density at radius 2 is 1.82 bits per heavy atom. The van der Waals surface area contributed by atoms with Crippen molar-refractivity contribution in [2.45, 2.75) is 64.7 Å². The zero-order chi connectivity index (χ0) is 20.9. The number of ether oxygens (including phenoxy) is 3. The Hall–Kier alpha value is -2.04. The second-order valence-electron chi connectivity index (χ2n) is 8.97. The summed E-state index contributed by atoms with van der Waals surface area (Å²) in [5.74, 6) is 1.22. The lowest BCUT2D eigenvalue weighted by molar-refractivity contribution is -0.160. The van der Waals surface area contributed by atoms with Gasteiger partial charge in [0, 0.05) is 23.0 Å². The first-order valence-corrected chi connectivity index (χ1v) is 10.1. The molecule has 2 aliphatic carbocycles. The average Bonchev–Trinajstić information content (AvgIpc) is 2.67. The second-order valence-corrected chi connectivity index (χ2v) is 8.97. The maximum absolute atomic E-state index is 13.4. The monoisotopic (exact) mass is 388 g/mol. The fourth-order valence-corrected chi connectivity index (χ4v) is 5.69. The van der Waals surface area contributed by atoms with Gasteiger partial charge in [0.2, 0.25) is 0 Å². The normalized spacial score (nSPS) is 29.1. The molecule has 5 heteroatoms. The van der Waals surface area contributed by atoms with Crippen molar-refractivity contribution >= 4 is 11.8 Å². The quantitative estimate of drug-likeness (QED) is 0.703. The molecule has 0 N–H and O–H groups in total. The molecule has 0 heterocycles. The van der Waals surface area contributed by atoms with E-state index in [1.807, 2.05) is 13.0 Å². The van der Waals surface area contributed by atoms with Gasteiger partial charge in [-0.3, -0.25) is 9.59 Å². The van der Waals surface area contributed by atoms with Crippen LogP contribution in [0.1, 0.15) is 80.8 Å². The highest BCUT2D eigenvalue weighted by Gasteiger charge is 2.59. The zero-order valence-corrected chi connectivity index (χ0v) is 18.1. The van der Waals surface area contributed by atoms with E-state index in [1.54, 1.807) is 14.2 Å². The van der Waals surface area contributed by atoms with E-state index < -0.39 is 5.41 Å². The van der Waals surface area contributed by atoms with E-state index in [0.717, 1.165) is 30.4 Å². The van der Waals surface area contributed by atoms with Gasteiger partial charge in [0.15, 0.2) is 5.78 Å². The Balaban J connectivity index is 2.32. The maximum atomic E-state index is 13.4. The molecule has 0 spiro atoms. The number of hydrogen-bond acceptors (Lipinski definition) is 5. The van der Waals surface area contributed by atoms with Crippen LogP contribution in [0.4, 0.5) is 0 Å². The molecule has 5 nitrogen and oxygen atoms in total. The fourth-order valence-electron chi connectivity index (χ4n) is 5.69. The van der Waals surface area contributed by atoms with Crippen LogP contribution in [-0.4, -0.2) is 33.1 Å². The summed E-state index contributed by atoms with van der Waals surface area (Å²) in [6.45, 7) is 8.28. The molecule has 0 saturated heterocycles. The van der Waals surface area contributed by atoms with Gasteiger partial charge < -0.3 is 14.2 Å². The van der Waals surface area contributed by atoms with Crippen LogP contribution in [0.3, 0.4) is 0 Å². The summed E-state index contributed by atoms with van der Waals surface area (Å²) in [6, 6.07) is 2.01. The van der Waals surface area contributed by atoms with Crippen molar-refractivity contribution in [3.63, 3.8) is 0 Å². The lowest BCUT2D eigenvalue weighted by Crippen LogP contribution is -2.54. The standard InChI is InChI=1S/C23H32O5/c1-13(2)14-11-16(26-5)19-18(20(14)27-6)15(24)12-17-22(19,3)9-8-10-23(17,4)21(25)28-7/h11,13,17H,8-10,12H2,1-7H3/t17-,22+,23+/m1/s1. The largest absolute Gasteiger partial charge is 0.496 e. The minimum atomic E-state index is -0.690. The highest BCUT2D eigenvalue weighted by molar-refractivity contribution is 6.04. The van der Waals surface area contributed by atoms with Crippen molar-refractivity contribution in [2.75, 3.05) is 21.3 Å². The first kappa shape index (κ1) is 20.7. The molecule has 0 radical (unpaired) electrons. The summed E-state index contributed by atoms with van der Waals surface area (Å²) < 4.78 is 16.7. The number of fused-ring (bicyclic) bond motifs is 3. The third-order valence-corrected chi connectivity index (χ3v) is 7.14. The van der Waals surface area contributed by atoms with Crippen molar-refractivity contribution in [3.05, 3.63) is 22.8 Å². The van der Waals surface area contributed by atoms with Gasteiger partial charge in [-0.15, -0.1) is 0 Å². The van der Waals surface area contributed by atoms with Crippen LogP contribution in [0.5, 0.6) is 11.5 Å². The summed E-state index contributed by atoms with van der Waals surface area (Å²) in [7, 11) is 4.69. The Labute approximate surface area is 167 Å². The molecule has 0 amide bonds. The van der Waals surface area contributed by atoms with Crippen molar-refractivity contribution in [1.82, 2.24) is 0 Å². The molecule has 0 aromatic heterocycles. The molecule has 1 saturated carbocycles. The van der Waals surface area contributed by atoms with Crippen LogP contribution < -0.4 is 9.47 Å². The third kappa shape index (κ3) is 2.73. The average molecular weight is 389 g/mol. The molecule has 0 aliphatic heterocycles. The summed E-state index contributed by atoms with van der Waals surface area (Å²) in [5.41, 5.74) is 1.45. The van der Waals surface area contributed by atoms with Crippen LogP contribution in [0.2, 0.25) is 0 Å². The van der Waals surface area contributed by atoms with E-state index in [1.165, 1.54) is 7.11 Å². The smallest absolute Gasteiger partial charge is 0.311 e. The number of methoxy groups -OCH3 is 3. The number of rotatable bonds is 4. The molecule has 3 rings (SSSR count). The summed E-state index contributed by atoms with van der Waals surface area (Å²) in [4.78, 5) is 26.2. The molecule has 1 aromatic carbocycles.